The highest BCUT2D eigenvalue weighted by atomic mass is 79.9. The Balaban J connectivity index is 1.87. The zero-order valence-corrected chi connectivity index (χ0v) is 13.1. The first-order valence-corrected chi connectivity index (χ1v) is 8.08. The van der Waals surface area contributed by atoms with Crippen molar-refractivity contribution < 1.29 is 17.9 Å². The maximum Gasteiger partial charge on any atom is 0.441 e. The van der Waals surface area contributed by atoms with Gasteiger partial charge in [-0.3, -0.25) is 0 Å². The van der Waals surface area contributed by atoms with Gasteiger partial charge in [0.15, 0.2) is 0 Å². The summed E-state index contributed by atoms with van der Waals surface area (Å²) in [5, 5.41) is 3.37. The number of ether oxygens (including phenoxy) is 1. The molecule has 0 unspecified atom stereocenters. The van der Waals surface area contributed by atoms with Crippen molar-refractivity contribution in [2.24, 2.45) is 0 Å². The van der Waals surface area contributed by atoms with Crippen LogP contribution >= 0.6 is 27.7 Å². The molecule has 1 aromatic rings. The molecule has 1 aliphatic rings. The van der Waals surface area contributed by atoms with Crippen molar-refractivity contribution in [3.05, 3.63) is 28.2 Å². The number of nitrogens with one attached hydrogen (secondary N) is 1. The lowest BCUT2D eigenvalue weighted by atomic mass is 10.2. The van der Waals surface area contributed by atoms with Gasteiger partial charge in [-0.05, 0) is 46.6 Å². The van der Waals surface area contributed by atoms with E-state index in [0.717, 1.165) is 10.0 Å². The van der Waals surface area contributed by atoms with Crippen molar-refractivity contribution in [1.29, 1.82) is 0 Å². The monoisotopic (exact) mass is 369 g/mol. The highest BCUT2D eigenvalue weighted by Gasteiger charge is 2.27. The fraction of sp³-hybridized carbons (Fsp3) is 0.538. The predicted molar refractivity (Wildman–Crippen MR) is 78.0 cm³/mol. The Kier molecular flexibility index (Phi) is 5.63. The van der Waals surface area contributed by atoms with Gasteiger partial charge in [-0.2, -0.15) is 13.2 Å². The van der Waals surface area contributed by atoms with E-state index in [2.05, 4.69) is 21.2 Å². The van der Waals surface area contributed by atoms with E-state index in [1.54, 1.807) is 0 Å². The second-order valence-electron chi connectivity index (χ2n) is 4.53. The summed E-state index contributed by atoms with van der Waals surface area (Å²) in [6.07, 6.45) is 2.37. The third kappa shape index (κ3) is 5.54. The Morgan fingerprint density at radius 3 is 2.75 bits per heavy atom. The molecule has 0 atom stereocenters. The van der Waals surface area contributed by atoms with Crippen LogP contribution in [0.1, 0.15) is 18.4 Å². The van der Waals surface area contributed by atoms with Crippen LogP contribution in [0.15, 0.2) is 22.7 Å². The van der Waals surface area contributed by atoms with Gasteiger partial charge in [-0.1, -0.05) is 12.1 Å². The molecule has 7 heteroatoms. The molecule has 1 saturated carbocycles. The van der Waals surface area contributed by atoms with Crippen molar-refractivity contribution in [3.8, 4) is 5.75 Å². The molecule has 0 bridgehead atoms. The van der Waals surface area contributed by atoms with Crippen LogP contribution in [-0.4, -0.2) is 23.9 Å². The van der Waals surface area contributed by atoms with Crippen LogP contribution in [0.2, 0.25) is 0 Å². The molecular weight excluding hydrogens is 355 g/mol. The fourth-order valence-electron chi connectivity index (χ4n) is 1.70. The molecular formula is C13H15BrF3NOS. The summed E-state index contributed by atoms with van der Waals surface area (Å²) in [7, 11) is 0. The molecule has 1 N–H and O–H groups in total. The standard InChI is InChI=1S/C13H15BrF3NOS/c14-11-3-1-2-9(8-18-10-4-5-10)12(11)19-6-7-20-13(15,16)17/h1-3,10,18H,4-8H2. The molecule has 0 saturated heterocycles. The summed E-state index contributed by atoms with van der Waals surface area (Å²) >= 11 is 3.32. The van der Waals surface area contributed by atoms with E-state index in [9.17, 15) is 13.2 Å². The summed E-state index contributed by atoms with van der Waals surface area (Å²) in [6, 6.07) is 6.22. The summed E-state index contributed by atoms with van der Waals surface area (Å²) in [5.41, 5.74) is -3.24. The van der Waals surface area contributed by atoms with E-state index in [1.165, 1.54) is 12.8 Å². The summed E-state index contributed by atoms with van der Waals surface area (Å²) < 4.78 is 42.4. The molecule has 2 nitrogen and oxygen atoms in total. The first-order chi connectivity index (χ1) is 9.46. The number of alkyl halides is 3. The van der Waals surface area contributed by atoms with Crippen LogP contribution in [0.4, 0.5) is 13.2 Å². The quantitative estimate of drug-likeness (QED) is 0.722. The zero-order valence-electron chi connectivity index (χ0n) is 10.7. The number of hydrogen-bond acceptors (Lipinski definition) is 3. The normalized spacial score (nSPS) is 15.4. The molecule has 2 rings (SSSR count). The molecule has 1 aliphatic carbocycles. The minimum atomic E-state index is -4.20. The molecule has 112 valence electrons. The van der Waals surface area contributed by atoms with Crippen LogP contribution in [0.25, 0.3) is 0 Å². The van der Waals surface area contributed by atoms with E-state index in [-0.39, 0.29) is 24.1 Å². The first-order valence-electron chi connectivity index (χ1n) is 6.30. The molecule has 1 fully saturated rings. The minimum Gasteiger partial charge on any atom is -0.491 e. The number of para-hydroxylation sites is 1. The number of rotatable bonds is 7. The summed E-state index contributed by atoms with van der Waals surface area (Å²) in [6.45, 7) is 0.703. The van der Waals surface area contributed by atoms with Crippen LogP contribution < -0.4 is 10.1 Å². The van der Waals surface area contributed by atoms with Crippen LogP contribution in [0.3, 0.4) is 0 Å². The number of halogens is 4. The van der Waals surface area contributed by atoms with Gasteiger partial charge >= 0.3 is 5.51 Å². The largest absolute Gasteiger partial charge is 0.491 e. The van der Waals surface area contributed by atoms with E-state index in [1.807, 2.05) is 18.2 Å². The van der Waals surface area contributed by atoms with Crippen molar-refractivity contribution in [1.82, 2.24) is 5.32 Å². The lowest BCUT2D eigenvalue weighted by Gasteiger charge is -2.14. The highest BCUT2D eigenvalue weighted by Crippen LogP contribution is 2.32. The Morgan fingerprint density at radius 2 is 2.10 bits per heavy atom. The van der Waals surface area contributed by atoms with Gasteiger partial charge in [0.25, 0.3) is 0 Å². The maximum atomic E-state index is 12.0. The van der Waals surface area contributed by atoms with Gasteiger partial charge in [0.1, 0.15) is 5.75 Å². The second-order valence-corrected chi connectivity index (χ2v) is 6.54. The van der Waals surface area contributed by atoms with E-state index in [0.29, 0.717) is 18.3 Å². The van der Waals surface area contributed by atoms with E-state index < -0.39 is 5.51 Å². The van der Waals surface area contributed by atoms with Crippen molar-refractivity contribution in [2.75, 3.05) is 12.4 Å². The lowest BCUT2D eigenvalue weighted by Crippen LogP contribution is -2.16. The topological polar surface area (TPSA) is 21.3 Å². The molecule has 0 heterocycles. The number of benzene rings is 1. The molecule has 0 amide bonds. The molecule has 0 aliphatic heterocycles. The van der Waals surface area contributed by atoms with E-state index >= 15 is 0 Å². The molecule has 0 spiro atoms. The zero-order chi connectivity index (χ0) is 14.6. The third-order valence-corrected chi connectivity index (χ3v) is 4.13. The van der Waals surface area contributed by atoms with Gasteiger partial charge in [0.05, 0.1) is 11.1 Å². The lowest BCUT2D eigenvalue weighted by molar-refractivity contribution is -0.0329. The van der Waals surface area contributed by atoms with Crippen LogP contribution in [0, 0.1) is 0 Å². The minimum absolute atomic E-state index is 0.0310. The highest BCUT2D eigenvalue weighted by molar-refractivity contribution is 9.10. The summed E-state index contributed by atoms with van der Waals surface area (Å²) in [5.74, 6) is 0.517. The average molecular weight is 370 g/mol. The molecule has 0 radical (unpaired) electrons. The SMILES string of the molecule is FC(F)(F)SCCOc1c(Br)cccc1CNC1CC1. The number of hydrogen-bond donors (Lipinski definition) is 1. The van der Waals surface area contributed by atoms with Crippen LogP contribution in [0.5, 0.6) is 5.75 Å². The molecule has 1 aromatic carbocycles. The third-order valence-electron chi connectivity index (χ3n) is 2.80. The van der Waals surface area contributed by atoms with Crippen molar-refractivity contribution in [3.63, 3.8) is 0 Å². The summed E-state index contributed by atoms with van der Waals surface area (Å²) in [4.78, 5) is 0. The van der Waals surface area contributed by atoms with Gasteiger partial charge in [0, 0.05) is 23.9 Å². The van der Waals surface area contributed by atoms with E-state index in [4.69, 9.17) is 4.74 Å². The molecule has 0 aromatic heterocycles. The van der Waals surface area contributed by atoms with Crippen molar-refractivity contribution >= 4 is 27.7 Å². The Morgan fingerprint density at radius 1 is 1.35 bits per heavy atom. The van der Waals surface area contributed by atoms with Gasteiger partial charge in [0.2, 0.25) is 0 Å². The first kappa shape index (κ1) is 16.0. The second kappa shape index (κ2) is 7.04. The fourth-order valence-corrected chi connectivity index (χ4v) is 2.62. The van der Waals surface area contributed by atoms with Gasteiger partial charge in [-0.15, -0.1) is 0 Å². The van der Waals surface area contributed by atoms with Gasteiger partial charge < -0.3 is 10.1 Å². The Bertz CT molecular complexity index is 452. The Labute approximate surface area is 128 Å². The smallest absolute Gasteiger partial charge is 0.441 e. The predicted octanol–water partition coefficient (Wildman–Crippen LogP) is 4.33. The maximum absolute atomic E-state index is 12.0. The number of thioether (sulfide) groups is 1. The molecule has 20 heavy (non-hydrogen) atoms. The van der Waals surface area contributed by atoms with Crippen LogP contribution in [-0.2, 0) is 6.54 Å². The Hall–Kier alpha value is -0.400. The average Bonchev–Trinajstić information content (AvgIpc) is 3.17. The van der Waals surface area contributed by atoms with Gasteiger partial charge in [-0.25, -0.2) is 0 Å². The van der Waals surface area contributed by atoms with Crippen molar-refractivity contribution in [2.45, 2.75) is 30.9 Å².